The molecule has 0 aliphatic carbocycles. The SMILES string of the molecule is CCOc1ccc(C[C@]2(CN3C[C@H]4C[C@H](C3)c3cccc(=O)n3C4)C(=O)NC(=O)N(c3ccc(OC)cc3)C2=O)cc1. The van der Waals surface area contributed by atoms with Crippen LogP contribution in [0.25, 0.3) is 0 Å². The number of benzene rings is 2. The first-order chi connectivity index (χ1) is 20.3. The van der Waals surface area contributed by atoms with Crippen molar-refractivity contribution in [2.75, 3.05) is 38.3 Å². The lowest BCUT2D eigenvalue weighted by atomic mass is 9.75. The third kappa shape index (κ3) is 4.96. The zero-order chi connectivity index (χ0) is 29.4. The van der Waals surface area contributed by atoms with Crippen LogP contribution in [0.1, 0.15) is 30.5 Å². The third-order valence-electron chi connectivity index (χ3n) is 8.59. The number of fused-ring (bicyclic) bond motifs is 4. The second-order valence-electron chi connectivity index (χ2n) is 11.3. The highest BCUT2D eigenvalue weighted by Crippen LogP contribution is 2.39. The highest BCUT2D eigenvalue weighted by molar-refractivity contribution is 6.30. The zero-order valence-electron chi connectivity index (χ0n) is 23.7. The van der Waals surface area contributed by atoms with Gasteiger partial charge in [0, 0.05) is 43.9 Å². The van der Waals surface area contributed by atoms with Gasteiger partial charge in [0.05, 0.1) is 19.4 Å². The number of imide groups is 2. The van der Waals surface area contributed by atoms with E-state index in [1.165, 1.54) is 7.11 Å². The lowest BCUT2D eigenvalue weighted by molar-refractivity contribution is -0.144. The molecule has 218 valence electrons. The summed E-state index contributed by atoms with van der Waals surface area (Å²) in [5.41, 5.74) is 0.547. The molecule has 4 amide bonds. The normalized spacial score (nSPS) is 23.8. The molecular weight excluding hydrogens is 536 g/mol. The van der Waals surface area contributed by atoms with Gasteiger partial charge >= 0.3 is 6.03 Å². The number of anilines is 1. The Morgan fingerprint density at radius 1 is 0.905 bits per heavy atom. The Morgan fingerprint density at radius 3 is 2.36 bits per heavy atom. The van der Waals surface area contributed by atoms with Crippen molar-refractivity contribution in [2.24, 2.45) is 11.3 Å². The number of hydrogen-bond acceptors (Lipinski definition) is 7. The van der Waals surface area contributed by atoms with Crippen LogP contribution in [-0.4, -0.2) is 60.7 Å². The minimum absolute atomic E-state index is 0.00176. The Kier molecular flexibility index (Phi) is 7.32. The monoisotopic (exact) mass is 570 g/mol. The molecule has 3 atom stereocenters. The lowest BCUT2D eigenvalue weighted by Crippen LogP contribution is -2.68. The first kappa shape index (κ1) is 27.7. The van der Waals surface area contributed by atoms with E-state index < -0.39 is 23.3 Å². The summed E-state index contributed by atoms with van der Waals surface area (Å²) in [6, 6.07) is 18.6. The number of urea groups is 1. The maximum Gasteiger partial charge on any atom is 0.335 e. The minimum Gasteiger partial charge on any atom is -0.497 e. The van der Waals surface area contributed by atoms with Crippen molar-refractivity contribution in [3.8, 4) is 11.5 Å². The molecule has 2 aromatic carbocycles. The molecule has 0 radical (unpaired) electrons. The van der Waals surface area contributed by atoms with Crippen molar-refractivity contribution < 1.29 is 23.9 Å². The van der Waals surface area contributed by atoms with Crippen LogP contribution < -0.4 is 25.2 Å². The summed E-state index contributed by atoms with van der Waals surface area (Å²) in [6.45, 7) is 4.40. The fraction of sp³-hybridized carbons (Fsp3) is 0.375. The Morgan fingerprint density at radius 2 is 1.64 bits per heavy atom. The molecule has 3 aliphatic rings. The predicted molar refractivity (Wildman–Crippen MR) is 156 cm³/mol. The van der Waals surface area contributed by atoms with Crippen LogP contribution in [0, 0.1) is 11.3 Å². The van der Waals surface area contributed by atoms with Gasteiger partial charge in [0.25, 0.3) is 11.5 Å². The van der Waals surface area contributed by atoms with Gasteiger partial charge in [-0.25, -0.2) is 9.69 Å². The van der Waals surface area contributed by atoms with Crippen LogP contribution in [0.15, 0.2) is 71.5 Å². The Hall–Kier alpha value is -4.44. The molecule has 2 saturated heterocycles. The van der Waals surface area contributed by atoms with Gasteiger partial charge < -0.3 is 18.9 Å². The maximum absolute atomic E-state index is 14.5. The number of pyridine rings is 1. The van der Waals surface area contributed by atoms with Crippen LogP contribution in [0.3, 0.4) is 0 Å². The van der Waals surface area contributed by atoms with Crippen molar-refractivity contribution in [3.63, 3.8) is 0 Å². The Balaban J connectivity index is 1.36. The fourth-order valence-corrected chi connectivity index (χ4v) is 6.72. The second-order valence-corrected chi connectivity index (χ2v) is 11.3. The summed E-state index contributed by atoms with van der Waals surface area (Å²) in [6.07, 6.45) is 1.05. The van der Waals surface area contributed by atoms with Crippen LogP contribution in [0.5, 0.6) is 11.5 Å². The minimum atomic E-state index is -1.57. The molecule has 3 aliphatic heterocycles. The number of methoxy groups -OCH3 is 1. The van der Waals surface area contributed by atoms with Gasteiger partial charge in [0.1, 0.15) is 16.9 Å². The number of hydrogen-bond donors (Lipinski definition) is 1. The molecule has 0 saturated carbocycles. The fourth-order valence-electron chi connectivity index (χ4n) is 6.72. The molecule has 3 aromatic rings. The van der Waals surface area contributed by atoms with E-state index in [0.29, 0.717) is 43.4 Å². The van der Waals surface area contributed by atoms with E-state index in [1.54, 1.807) is 36.4 Å². The summed E-state index contributed by atoms with van der Waals surface area (Å²) >= 11 is 0. The van der Waals surface area contributed by atoms with Crippen LogP contribution in [0.2, 0.25) is 0 Å². The average Bonchev–Trinajstić information content (AvgIpc) is 2.98. The summed E-state index contributed by atoms with van der Waals surface area (Å²) in [7, 11) is 1.54. The van der Waals surface area contributed by atoms with Crippen molar-refractivity contribution in [2.45, 2.75) is 32.2 Å². The smallest absolute Gasteiger partial charge is 0.335 e. The molecule has 0 spiro atoms. The number of rotatable bonds is 8. The number of carbonyl (C=O) groups excluding carboxylic acids is 3. The predicted octanol–water partition coefficient (Wildman–Crippen LogP) is 3.19. The van der Waals surface area contributed by atoms with Crippen molar-refractivity contribution in [1.29, 1.82) is 0 Å². The largest absolute Gasteiger partial charge is 0.497 e. The molecule has 1 N–H and O–H groups in total. The lowest BCUT2D eigenvalue weighted by Gasteiger charge is -2.47. The second kappa shape index (κ2) is 11.1. The summed E-state index contributed by atoms with van der Waals surface area (Å²) in [5, 5.41) is 2.49. The van der Waals surface area contributed by atoms with Gasteiger partial charge in [-0.15, -0.1) is 0 Å². The number of nitrogens with one attached hydrogen (secondary N) is 1. The number of nitrogens with zero attached hydrogens (tertiary/aromatic N) is 3. The summed E-state index contributed by atoms with van der Waals surface area (Å²) in [4.78, 5) is 57.2. The quantitative estimate of drug-likeness (QED) is 0.414. The van der Waals surface area contributed by atoms with E-state index in [2.05, 4.69) is 10.2 Å². The van der Waals surface area contributed by atoms with Gasteiger partial charge in [-0.2, -0.15) is 0 Å². The van der Waals surface area contributed by atoms with E-state index in [0.717, 1.165) is 22.6 Å². The summed E-state index contributed by atoms with van der Waals surface area (Å²) < 4.78 is 12.7. The van der Waals surface area contributed by atoms with Gasteiger partial charge in [-0.1, -0.05) is 18.2 Å². The van der Waals surface area contributed by atoms with Gasteiger partial charge in [0.2, 0.25) is 5.91 Å². The number of ether oxygens (including phenoxy) is 2. The zero-order valence-corrected chi connectivity index (χ0v) is 23.7. The van der Waals surface area contributed by atoms with E-state index in [9.17, 15) is 19.2 Å². The standard InChI is InChI=1S/C32H34N4O6/c1-3-42-26-11-7-21(8-12-26)16-32(20-34-17-22-15-23(19-34)27-5-4-6-28(37)35(27)18-22)29(38)33-31(40)36(30(32)39)24-9-13-25(41-2)14-10-24/h4-14,22-23H,3,15-20H2,1-2H3,(H,33,38,40)/t22-,23-,32+/m1/s1. The molecule has 6 rings (SSSR count). The number of aromatic nitrogens is 1. The number of piperidine rings is 1. The number of likely N-dealkylation sites (tertiary alicyclic amines) is 1. The molecule has 2 bridgehead atoms. The molecule has 42 heavy (non-hydrogen) atoms. The van der Waals surface area contributed by atoms with Gasteiger partial charge in [-0.3, -0.25) is 19.7 Å². The molecule has 10 nitrogen and oxygen atoms in total. The highest BCUT2D eigenvalue weighted by atomic mass is 16.5. The molecule has 4 heterocycles. The molecular formula is C32H34N4O6. The third-order valence-corrected chi connectivity index (χ3v) is 8.59. The van der Waals surface area contributed by atoms with Crippen LogP contribution in [-0.2, 0) is 22.6 Å². The Bertz CT molecular complexity index is 1570. The summed E-state index contributed by atoms with van der Waals surface area (Å²) in [5.74, 6) is 0.420. The van der Waals surface area contributed by atoms with E-state index in [4.69, 9.17) is 9.47 Å². The first-order valence-electron chi connectivity index (χ1n) is 14.3. The highest BCUT2D eigenvalue weighted by Gasteiger charge is 2.55. The number of barbiturate groups is 1. The molecule has 2 fully saturated rings. The van der Waals surface area contributed by atoms with Crippen LogP contribution in [0.4, 0.5) is 10.5 Å². The first-order valence-corrected chi connectivity index (χ1v) is 14.3. The van der Waals surface area contributed by atoms with E-state index in [1.807, 2.05) is 41.8 Å². The average molecular weight is 571 g/mol. The number of amides is 4. The van der Waals surface area contributed by atoms with Crippen LogP contribution >= 0.6 is 0 Å². The molecule has 1 aromatic heterocycles. The van der Waals surface area contributed by atoms with Gasteiger partial charge in [-0.05, 0) is 73.7 Å². The molecule has 10 heteroatoms. The Labute approximate surface area is 243 Å². The number of carbonyl (C=O) groups is 3. The molecule has 0 unspecified atom stereocenters. The van der Waals surface area contributed by atoms with E-state index in [-0.39, 0.29) is 30.4 Å². The topological polar surface area (TPSA) is 110 Å². The van der Waals surface area contributed by atoms with Crippen molar-refractivity contribution in [1.82, 2.24) is 14.8 Å². The van der Waals surface area contributed by atoms with Gasteiger partial charge in [0.15, 0.2) is 0 Å². The maximum atomic E-state index is 14.5. The van der Waals surface area contributed by atoms with E-state index >= 15 is 0 Å². The van der Waals surface area contributed by atoms with Crippen molar-refractivity contribution in [3.05, 3.63) is 88.3 Å². The van der Waals surface area contributed by atoms with Crippen molar-refractivity contribution >= 4 is 23.5 Å².